The number of aliphatic carboxylic acids is 1. The first-order valence-corrected chi connectivity index (χ1v) is 6.68. The number of rotatable bonds is 6. The zero-order chi connectivity index (χ0) is 13.9. The number of carbonyl (C=O) groups excluding carboxylic acids is 1. The fraction of sp³-hybridized carbons (Fsp3) is 0.467. The van der Waals surface area contributed by atoms with Gasteiger partial charge in [-0.05, 0) is 36.8 Å². The van der Waals surface area contributed by atoms with Crippen molar-refractivity contribution in [2.45, 2.75) is 32.6 Å². The van der Waals surface area contributed by atoms with Gasteiger partial charge in [0, 0.05) is 6.54 Å². The van der Waals surface area contributed by atoms with Gasteiger partial charge in [0.25, 0.3) is 0 Å². The Bertz CT molecular complexity index is 475. The standard InChI is InChI=1S/C15H19NO3/c1-2-11-3-5-12(6-4-11)7-10-16-13(17)15(8-9-15)14(18)19/h3-6H,2,7-10H2,1H3,(H,16,17)(H,18,19). The fourth-order valence-corrected chi connectivity index (χ4v) is 2.09. The molecule has 0 atom stereocenters. The van der Waals surface area contributed by atoms with E-state index in [0.717, 1.165) is 18.4 Å². The summed E-state index contributed by atoms with van der Waals surface area (Å²) in [6.45, 7) is 2.59. The van der Waals surface area contributed by atoms with E-state index in [1.165, 1.54) is 5.56 Å². The summed E-state index contributed by atoms with van der Waals surface area (Å²) < 4.78 is 0. The summed E-state index contributed by atoms with van der Waals surface area (Å²) in [5.41, 5.74) is 1.31. The van der Waals surface area contributed by atoms with E-state index in [1.54, 1.807) is 0 Å². The summed E-state index contributed by atoms with van der Waals surface area (Å²) >= 11 is 0. The molecule has 1 aromatic rings. The lowest BCUT2D eigenvalue weighted by Gasteiger charge is -2.10. The van der Waals surface area contributed by atoms with E-state index in [9.17, 15) is 9.59 Å². The van der Waals surface area contributed by atoms with Crippen LogP contribution in [0, 0.1) is 5.41 Å². The molecule has 0 spiro atoms. The molecule has 1 saturated carbocycles. The number of hydrogen-bond acceptors (Lipinski definition) is 2. The van der Waals surface area contributed by atoms with E-state index in [0.29, 0.717) is 19.4 Å². The third-order valence-electron chi connectivity index (χ3n) is 3.72. The molecular weight excluding hydrogens is 242 g/mol. The quantitative estimate of drug-likeness (QED) is 0.767. The summed E-state index contributed by atoms with van der Waals surface area (Å²) in [4.78, 5) is 22.7. The van der Waals surface area contributed by atoms with Gasteiger partial charge in [-0.15, -0.1) is 0 Å². The molecule has 19 heavy (non-hydrogen) atoms. The summed E-state index contributed by atoms with van der Waals surface area (Å²) in [6, 6.07) is 8.26. The maximum absolute atomic E-state index is 11.8. The molecule has 0 aliphatic heterocycles. The Balaban J connectivity index is 1.80. The lowest BCUT2D eigenvalue weighted by Crippen LogP contribution is -2.37. The molecule has 102 valence electrons. The molecule has 1 aliphatic rings. The van der Waals surface area contributed by atoms with Gasteiger partial charge in [0.1, 0.15) is 5.41 Å². The van der Waals surface area contributed by atoms with E-state index in [2.05, 4.69) is 36.5 Å². The van der Waals surface area contributed by atoms with Crippen LogP contribution >= 0.6 is 0 Å². The maximum Gasteiger partial charge on any atom is 0.319 e. The van der Waals surface area contributed by atoms with Crippen LogP contribution in [0.15, 0.2) is 24.3 Å². The van der Waals surface area contributed by atoms with Crippen molar-refractivity contribution in [2.24, 2.45) is 5.41 Å². The van der Waals surface area contributed by atoms with E-state index >= 15 is 0 Å². The van der Waals surface area contributed by atoms with Crippen molar-refractivity contribution in [3.05, 3.63) is 35.4 Å². The third kappa shape index (κ3) is 2.95. The molecule has 4 heteroatoms. The van der Waals surface area contributed by atoms with Crippen LogP contribution in [0.1, 0.15) is 30.9 Å². The first-order valence-electron chi connectivity index (χ1n) is 6.68. The van der Waals surface area contributed by atoms with Crippen LogP contribution in [-0.2, 0) is 22.4 Å². The number of carboxylic acid groups (broad SMARTS) is 1. The number of aryl methyl sites for hydroxylation is 1. The monoisotopic (exact) mass is 261 g/mol. The summed E-state index contributed by atoms with van der Waals surface area (Å²) in [5.74, 6) is -1.34. The van der Waals surface area contributed by atoms with Gasteiger partial charge < -0.3 is 10.4 Å². The second-order valence-corrected chi connectivity index (χ2v) is 5.06. The number of benzene rings is 1. The molecule has 1 amide bonds. The van der Waals surface area contributed by atoms with Gasteiger partial charge in [-0.1, -0.05) is 31.2 Å². The molecule has 0 aromatic heterocycles. The van der Waals surface area contributed by atoms with Crippen molar-refractivity contribution in [3.8, 4) is 0 Å². The van der Waals surface area contributed by atoms with E-state index in [-0.39, 0.29) is 5.91 Å². The predicted octanol–water partition coefficient (Wildman–Crippen LogP) is 1.77. The van der Waals surface area contributed by atoms with Gasteiger partial charge in [0.05, 0.1) is 0 Å². The van der Waals surface area contributed by atoms with Crippen LogP contribution in [-0.4, -0.2) is 23.5 Å². The minimum atomic E-state index is -1.13. The third-order valence-corrected chi connectivity index (χ3v) is 3.72. The normalized spacial score (nSPS) is 15.8. The van der Waals surface area contributed by atoms with E-state index in [4.69, 9.17) is 5.11 Å². The zero-order valence-electron chi connectivity index (χ0n) is 11.1. The van der Waals surface area contributed by atoms with Crippen LogP contribution in [0.25, 0.3) is 0 Å². The molecule has 0 radical (unpaired) electrons. The Morgan fingerprint density at radius 2 is 1.79 bits per heavy atom. The molecule has 2 N–H and O–H groups in total. The van der Waals surface area contributed by atoms with Crippen LogP contribution < -0.4 is 5.32 Å². The first-order chi connectivity index (χ1) is 9.08. The summed E-state index contributed by atoms with van der Waals surface area (Å²) in [5, 5.41) is 11.7. The lowest BCUT2D eigenvalue weighted by atomic mass is 10.1. The van der Waals surface area contributed by atoms with E-state index < -0.39 is 11.4 Å². The van der Waals surface area contributed by atoms with Crippen molar-refractivity contribution >= 4 is 11.9 Å². The Kier molecular flexibility index (Phi) is 3.88. The molecule has 2 rings (SSSR count). The number of carboxylic acids is 1. The number of carbonyl (C=O) groups is 2. The van der Waals surface area contributed by atoms with Gasteiger partial charge in [-0.2, -0.15) is 0 Å². The fourth-order valence-electron chi connectivity index (χ4n) is 2.09. The van der Waals surface area contributed by atoms with Gasteiger partial charge >= 0.3 is 5.97 Å². The van der Waals surface area contributed by atoms with Gasteiger partial charge in [0.2, 0.25) is 5.91 Å². The lowest BCUT2D eigenvalue weighted by molar-refractivity contribution is -0.149. The average Bonchev–Trinajstić information content (AvgIpc) is 3.21. The van der Waals surface area contributed by atoms with Crippen molar-refractivity contribution in [2.75, 3.05) is 6.54 Å². The minimum absolute atomic E-state index is 0.342. The molecule has 0 heterocycles. The zero-order valence-corrected chi connectivity index (χ0v) is 11.1. The van der Waals surface area contributed by atoms with Gasteiger partial charge in [0.15, 0.2) is 0 Å². The highest BCUT2D eigenvalue weighted by Gasteiger charge is 2.56. The van der Waals surface area contributed by atoms with Crippen molar-refractivity contribution in [1.82, 2.24) is 5.32 Å². The summed E-state index contributed by atoms with van der Waals surface area (Å²) in [7, 11) is 0. The molecular formula is C15H19NO3. The molecule has 0 unspecified atom stereocenters. The van der Waals surface area contributed by atoms with Crippen molar-refractivity contribution in [1.29, 1.82) is 0 Å². The number of hydrogen-bond donors (Lipinski definition) is 2. The average molecular weight is 261 g/mol. The maximum atomic E-state index is 11.8. The van der Waals surface area contributed by atoms with Crippen molar-refractivity contribution < 1.29 is 14.7 Å². The number of amides is 1. The second-order valence-electron chi connectivity index (χ2n) is 5.06. The molecule has 0 bridgehead atoms. The Hall–Kier alpha value is -1.84. The second kappa shape index (κ2) is 5.43. The van der Waals surface area contributed by atoms with Crippen LogP contribution in [0.4, 0.5) is 0 Å². The molecule has 1 fully saturated rings. The Labute approximate surface area is 112 Å². The van der Waals surface area contributed by atoms with Crippen LogP contribution in [0.3, 0.4) is 0 Å². The molecule has 0 saturated heterocycles. The van der Waals surface area contributed by atoms with Gasteiger partial charge in [-0.3, -0.25) is 9.59 Å². The number of nitrogens with one attached hydrogen (secondary N) is 1. The molecule has 1 aliphatic carbocycles. The van der Waals surface area contributed by atoms with Crippen molar-refractivity contribution in [3.63, 3.8) is 0 Å². The van der Waals surface area contributed by atoms with Crippen LogP contribution in [0.5, 0.6) is 0 Å². The van der Waals surface area contributed by atoms with Crippen LogP contribution in [0.2, 0.25) is 0 Å². The minimum Gasteiger partial charge on any atom is -0.480 e. The highest BCUT2D eigenvalue weighted by molar-refractivity contribution is 6.04. The first kappa shape index (κ1) is 13.6. The smallest absolute Gasteiger partial charge is 0.319 e. The molecule has 1 aromatic carbocycles. The Morgan fingerprint density at radius 3 is 2.26 bits per heavy atom. The van der Waals surface area contributed by atoms with Gasteiger partial charge in [-0.25, -0.2) is 0 Å². The SMILES string of the molecule is CCc1ccc(CCNC(=O)C2(C(=O)O)CC2)cc1. The largest absolute Gasteiger partial charge is 0.480 e. The topological polar surface area (TPSA) is 66.4 Å². The highest BCUT2D eigenvalue weighted by Crippen LogP contribution is 2.45. The Morgan fingerprint density at radius 1 is 1.21 bits per heavy atom. The summed E-state index contributed by atoms with van der Waals surface area (Å²) in [6.07, 6.45) is 2.66. The molecule has 4 nitrogen and oxygen atoms in total. The predicted molar refractivity (Wildman–Crippen MR) is 71.8 cm³/mol. The highest BCUT2D eigenvalue weighted by atomic mass is 16.4. The van der Waals surface area contributed by atoms with E-state index in [1.807, 2.05) is 0 Å².